The number of para-hydroxylation sites is 1. The summed E-state index contributed by atoms with van der Waals surface area (Å²) < 4.78 is 0. The Balaban J connectivity index is 1.88. The predicted octanol–water partition coefficient (Wildman–Crippen LogP) is 5.01. The molecule has 2 aliphatic carbocycles. The topological polar surface area (TPSA) is 16.1 Å². The van der Waals surface area contributed by atoms with Crippen LogP contribution >= 0.6 is 0 Å². The van der Waals surface area contributed by atoms with E-state index in [0.717, 1.165) is 0 Å². The Morgan fingerprint density at radius 2 is 1.83 bits per heavy atom. The van der Waals surface area contributed by atoms with E-state index in [9.17, 15) is 0 Å². The normalized spacial score (nSPS) is 31.1. The van der Waals surface area contributed by atoms with Crippen LogP contribution in [0.3, 0.4) is 0 Å². The second kappa shape index (κ2) is 4.28. The van der Waals surface area contributed by atoms with Crippen LogP contribution < -0.4 is 4.90 Å². The van der Waals surface area contributed by atoms with Gasteiger partial charge < -0.3 is 4.90 Å². The number of rotatable bonds is 1. The lowest BCUT2D eigenvalue weighted by atomic mass is 9.70. The van der Waals surface area contributed by atoms with Gasteiger partial charge in [-0.2, -0.15) is 0 Å². The molecule has 120 valence electrons. The van der Waals surface area contributed by atoms with Crippen LogP contribution in [0.1, 0.15) is 63.6 Å². The first kappa shape index (κ1) is 13.8. The lowest BCUT2D eigenvalue weighted by Crippen LogP contribution is -2.32. The highest BCUT2D eigenvalue weighted by atomic mass is 15.2. The maximum atomic E-state index is 5.21. The molecule has 5 rings (SSSR count). The molecule has 0 amide bonds. The van der Waals surface area contributed by atoms with Crippen LogP contribution in [0, 0.1) is 5.41 Å². The van der Waals surface area contributed by atoms with Crippen molar-refractivity contribution < 1.29 is 0 Å². The minimum atomic E-state index is 0.242. The van der Waals surface area contributed by atoms with Crippen molar-refractivity contribution in [3.63, 3.8) is 0 Å². The Morgan fingerprint density at radius 1 is 1.09 bits per heavy atom. The number of fused-ring (bicyclic) bond motifs is 6. The highest BCUT2D eigenvalue weighted by Gasteiger charge is 2.61. The highest BCUT2D eigenvalue weighted by molar-refractivity contribution is 5.95. The minimum absolute atomic E-state index is 0.242. The van der Waals surface area contributed by atoms with E-state index in [1.54, 1.807) is 5.56 Å². The van der Waals surface area contributed by atoms with Gasteiger partial charge in [-0.1, -0.05) is 39.0 Å². The summed E-state index contributed by atoms with van der Waals surface area (Å²) in [4.78, 5) is 7.87. The molecule has 0 spiro atoms. The summed E-state index contributed by atoms with van der Waals surface area (Å²) in [6.07, 6.45) is 5.29. The molecule has 1 saturated carbocycles. The maximum absolute atomic E-state index is 5.21. The first-order chi connectivity index (χ1) is 11.0. The second-order valence-electron chi connectivity index (χ2n) is 8.58. The van der Waals surface area contributed by atoms with Crippen LogP contribution in [0.15, 0.2) is 24.3 Å². The molecule has 1 aliphatic heterocycles. The van der Waals surface area contributed by atoms with Crippen LogP contribution in [0.5, 0.6) is 0 Å². The van der Waals surface area contributed by atoms with Gasteiger partial charge in [-0.05, 0) is 43.1 Å². The summed E-state index contributed by atoms with van der Waals surface area (Å²) in [5, 5.41) is 1.38. The van der Waals surface area contributed by atoms with Crippen LogP contribution in [-0.4, -0.2) is 18.1 Å². The van der Waals surface area contributed by atoms with E-state index < -0.39 is 0 Å². The molecule has 0 unspecified atom stereocenters. The molecule has 2 atom stereocenters. The molecule has 0 N–H and O–H groups in total. The Morgan fingerprint density at radius 3 is 2.61 bits per heavy atom. The molecular weight excluding hydrogens is 280 g/mol. The van der Waals surface area contributed by atoms with Gasteiger partial charge in [0.05, 0.1) is 16.9 Å². The zero-order chi connectivity index (χ0) is 15.8. The van der Waals surface area contributed by atoms with E-state index in [2.05, 4.69) is 49.9 Å². The van der Waals surface area contributed by atoms with Gasteiger partial charge in [0.1, 0.15) is 0 Å². The zero-order valence-corrected chi connectivity index (χ0v) is 14.5. The van der Waals surface area contributed by atoms with Gasteiger partial charge >= 0.3 is 0 Å². The molecule has 0 radical (unpaired) electrons. The lowest BCUT2D eigenvalue weighted by Gasteiger charge is -2.34. The Labute approximate surface area is 138 Å². The van der Waals surface area contributed by atoms with Crippen molar-refractivity contribution in [2.24, 2.45) is 5.41 Å². The van der Waals surface area contributed by atoms with Crippen LogP contribution in [0.4, 0.5) is 5.69 Å². The minimum Gasteiger partial charge on any atom is -0.371 e. The number of anilines is 1. The molecule has 23 heavy (non-hydrogen) atoms. The summed E-state index contributed by atoms with van der Waals surface area (Å²) in [5.74, 6) is 0.676. The van der Waals surface area contributed by atoms with E-state index in [1.165, 1.54) is 61.1 Å². The van der Waals surface area contributed by atoms with E-state index in [-0.39, 0.29) is 5.41 Å². The van der Waals surface area contributed by atoms with E-state index in [0.29, 0.717) is 11.3 Å². The molecule has 1 saturated heterocycles. The smallest absolute Gasteiger partial charge is 0.0726 e. The number of benzene rings is 1. The van der Waals surface area contributed by atoms with Crippen molar-refractivity contribution in [1.29, 1.82) is 0 Å². The van der Waals surface area contributed by atoms with Gasteiger partial charge in [-0.25, -0.2) is 0 Å². The fourth-order valence-corrected chi connectivity index (χ4v) is 5.67. The Bertz CT molecular complexity index is 801. The number of aromatic nitrogens is 1. The summed E-state index contributed by atoms with van der Waals surface area (Å²) in [7, 11) is 0. The van der Waals surface area contributed by atoms with Gasteiger partial charge in [0.15, 0.2) is 0 Å². The molecule has 2 fully saturated rings. The van der Waals surface area contributed by atoms with Gasteiger partial charge in [-0.3, -0.25) is 4.98 Å². The monoisotopic (exact) mass is 306 g/mol. The third-order valence-corrected chi connectivity index (χ3v) is 7.42. The van der Waals surface area contributed by atoms with Gasteiger partial charge in [0.2, 0.25) is 0 Å². The zero-order valence-electron chi connectivity index (χ0n) is 14.5. The third-order valence-electron chi connectivity index (χ3n) is 7.42. The fourth-order valence-electron chi connectivity index (χ4n) is 5.67. The lowest BCUT2D eigenvalue weighted by molar-refractivity contribution is 0.227. The number of pyridine rings is 1. The van der Waals surface area contributed by atoms with Crippen molar-refractivity contribution in [2.75, 3.05) is 18.0 Å². The predicted molar refractivity (Wildman–Crippen MR) is 96.3 cm³/mol. The SMILES string of the molecule is CC1(C)[C@@H]2CC[C@@]1(C)c1nc3ccccc3c(N3CCCC3)c12. The summed E-state index contributed by atoms with van der Waals surface area (Å²) in [6.45, 7) is 9.85. The van der Waals surface area contributed by atoms with Crippen molar-refractivity contribution in [1.82, 2.24) is 4.98 Å². The largest absolute Gasteiger partial charge is 0.371 e. The van der Waals surface area contributed by atoms with Crippen molar-refractivity contribution >= 4 is 16.6 Å². The van der Waals surface area contributed by atoms with Gasteiger partial charge in [0.25, 0.3) is 0 Å². The molecule has 1 aromatic heterocycles. The van der Waals surface area contributed by atoms with Crippen LogP contribution in [0.25, 0.3) is 10.9 Å². The summed E-state index contributed by atoms with van der Waals surface area (Å²) in [5.41, 5.74) is 6.31. The van der Waals surface area contributed by atoms with Crippen molar-refractivity contribution in [2.45, 2.75) is 57.8 Å². The Kier molecular flexibility index (Phi) is 2.58. The molecule has 1 aromatic carbocycles. The second-order valence-corrected chi connectivity index (χ2v) is 8.58. The molecule has 3 aliphatic rings. The van der Waals surface area contributed by atoms with Crippen LogP contribution in [-0.2, 0) is 5.41 Å². The first-order valence-corrected chi connectivity index (χ1v) is 9.22. The molecule has 2 heteroatoms. The number of hydrogen-bond acceptors (Lipinski definition) is 2. The van der Waals surface area contributed by atoms with E-state index in [1.807, 2.05) is 0 Å². The average Bonchev–Trinajstić information content (AvgIpc) is 3.17. The average molecular weight is 306 g/mol. The first-order valence-electron chi connectivity index (χ1n) is 9.22. The summed E-state index contributed by atoms with van der Waals surface area (Å²) in [6, 6.07) is 8.81. The molecule has 2 aromatic rings. The summed E-state index contributed by atoms with van der Waals surface area (Å²) >= 11 is 0. The highest BCUT2D eigenvalue weighted by Crippen LogP contribution is 2.69. The number of hydrogen-bond donors (Lipinski definition) is 0. The molecule has 2 heterocycles. The number of nitrogens with zero attached hydrogens (tertiary/aromatic N) is 2. The Hall–Kier alpha value is -1.57. The fraction of sp³-hybridized carbons (Fsp3) is 0.571. The standard InChI is InChI=1S/C21H26N2/c1-20(2)15-10-11-21(20,3)19-17(15)18(23-12-6-7-13-23)14-8-4-5-9-16(14)22-19/h4-5,8-9,15H,6-7,10-13H2,1-3H3/t15-,21+/m1/s1. The van der Waals surface area contributed by atoms with Crippen molar-refractivity contribution in [3.8, 4) is 0 Å². The van der Waals surface area contributed by atoms with E-state index in [4.69, 9.17) is 4.98 Å². The quantitative estimate of drug-likeness (QED) is 0.736. The van der Waals surface area contributed by atoms with Gasteiger partial charge in [0, 0.05) is 29.5 Å². The molecular formula is C21H26N2. The third kappa shape index (κ3) is 1.53. The maximum Gasteiger partial charge on any atom is 0.0726 e. The van der Waals surface area contributed by atoms with E-state index >= 15 is 0 Å². The van der Waals surface area contributed by atoms with Gasteiger partial charge in [-0.15, -0.1) is 0 Å². The molecule has 2 nitrogen and oxygen atoms in total. The van der Waals surface area contributed by atoms with Crippen LogP contribution in [0.2, 0.25) is 0 Å². The molecule has 2 bridgehead atoms. The van der Waals surface area contributed by atoms with Crippen molar-refractivity contribution in [3.05, 3.63) is 35.5 Å².